The molecule has 11 heteroatoms. The van der Waals surface area contributed by atoms with Gasteiger partial charge in [-0.05, 0) is 73.0 Å². The van der Waals surface area contributed by atoms with Crippen molar-refractivity contribution in [3.63, 3.8) is 0 Å². The van der Waals surface area contributed by atoms with Gasteiger partial charge in [0.2, 0.25) is 5.91 Å². The minimum atomic E-state index is -2.44. The second-order valence-corrected chi connectivity index (χ2v) is 27.6. The van der Waals surface area contributed by atoms with Gasteiger partial charge in [-0.2, -0.15) is 0 Å². The molecule has 0 aliphatic carbocycles. The molecule has 3 aromatic carbocycles. The van der Waals surface area contributed by atoms with Crippen LogP contribution < -0.4 is 0 Å². The van der Waals surface area contributed by atoms with Crippen LogP contribution in [0.2, 0.25) is 36.3 Å². The lowest BCUT2D eigenvalue weighted by molar-refractivity contribution is -0.147. The van der Waals surface area contributed by atoms with E-state index < -0.39 is 58.4 Å². The first kappa shape index (κ1) is 48.9. The van der Waals surface area contributed by atoms with Crippen molar-refractivity contribution in [1.29, 1.82) is 0 Å². The first-order valence-corrected chi connectivity index (χ1v) is 27.3. The number of carbonyl (C=O) groups excluding carboxylic acids is 2. The number of methoxy groups -OCH3 is 1. The Morgan fingerprint density at radius 1 is 0.883 bits per heavy atom. The Morgan fingerprint density at radius 2 is 1.38 bits per heavy atom. The molecule has 6 atom stereocenters. The molecule has 0 unspecified atom stereocenters. The Balaban J connectivity index is 1.73. The second-order valence-electron chi connectivity index (χ2n) is 17.8. The van der Waals surface area contributed by atoms with Crippen molar-refractivity contribution in [3.8, 4) is 0 Å². The van der Waals surface area contributed by atoms with Crippen LogP contribution in [0, 0.1) is 11.8 Å². The zero-order valence-electron chi connectivity index (χ0n) is 37.8. The minimum Gasteiger partial charge on any atom is -0.469 e. The topological polar surface area (TPSA) is 94.5 Å². The van der Waals surface area contributed by atoms with E-state index in [4.69, 9.17) is 30.5 Å². The maximum Gasteiger partial charge on any atom is 0.311 e. The van der Waals surface area contributed by atoms with Crippen LogP contribution in [0.25, 0.3) is 0 Å². The molecular weight excluding hydrogens is 803 g/mol. The Hall–Kier alpha value is -3.72. The fourth-order valence-corrected chi connectivity index (χ4v) is 12.3. The van der Waals surface area contributed by atoms with E-state index in [0.717, 1.165) is 34.8 Å². The van der Waals surface area contributed by atoms with Crippen LogP contribution in [0.15, 0.2) is 115 Å². The molecule has 3 aromatic rings. The number of rotatable bonds is 20. The van der Waals surface area contributed by atoms with Gasteiger partial charge in [0.1, 0.15) is 0 Å². The van der Waals surface area contributed by atoms with E-state index in [9.17, 15) is 9.90 Å². The van der Waals surface area contributed by atoms with Gasteiger partial charge in [0, 0.05) is 17.5 Å². The summed E-state index contributed by atoms with van der Waals surface area (Å²) in [5, 5.41) is 12.1. The van der Waals surface area contributed by atoms with Crippen LogP contribution in [0.3, 0.4) is 0 Å². The van der Waals surface area contributed by atoms with Gasteiger partial charge in [-0.3, -0.25) is 14.5 Å². The Bertz CT molecular complexity index is 1870. The number of aliphatic hydroxyl groups is 1. The summed E-state index contributed by atoms with van der Waals surface area (Å²) in [5.41, 5.74) is 2.26. The standard InChI is InChI=1S/C49H69NO7SSi2/c1-13-60(14-2,15-3)57-42(37(6)46(53)54-10)32-31-35(4)43(56-59(11,12)48(7,8)9)34-41(51)36(5)45(52)50-44(33-38-25-19-16-20-26-38)49(55-47(50)58,39-27-21-17-22-28-39)40-29-23-18-24-30-40/h16-32,36-37,41-44,51H,4,13-15,33-34H2,1-3,5-12H3/b32-31+/t36-,37+,41+,42-,43+,44+/m1/s1. The molecule has 1 aliphatic heterocycles. The fraction of sp³-hybridized carbons (Fsp3) is 0.490. The number of carbonyl (C=O) groups is 2. The highest BCUT2D eigenvalue weighted by Crippen LogP contribution is 2.47. The van der Waals surface area contributed by atoms with Gasteiger partial charge in [-0.15, -0.1) is 0 Å². The van der Waals surface area contributed by atoms with Crippen molar-refractivity contribution in [1.82, 2.24) is 4.90 Å². The number of hydrogen-bond acceptors (Lipinski definition) is 8. The maximum atomic E-state index is 15.0. The summed E-state index contributed by atoms with van der Waals surface area (Å²) in [7, 11) is -3.19. The summed E-state index contributed by atoms with van der Waals surface area (Å²) in [5.74, 6) is -2.13. The largest absolute Gasteiger partial charge is 0.469 e. The molecule has 1 fully saturated rings. The molecule has 0 spiro atoms. The van der Waals surface area contributed by atoms with Crippen LogP contribution >= 0.6 is 12.2 Å². The predicted octanol–water partition coefficient (Wildman–Crippen LogP) is 10.8. The quantitative estimate of drug-likeness (QED) is 0.0519. The van der Waals surface area contributed by atoms with Gasteiger partial charge < -0.3 is 23.4 Å². The summed E-state index contributed by atoms with van der Waals surface area (Å²) in [6.45, 7) is 25.3. The Morgan fingerprint density at radius 3 is 1.85 bits per heavy atom. The number of esters is 1. The molecule has 0 radical (unpaired) electrons. The lowest BCUT2D eigenvalue weighted by Crippen LogP contribution is -2.51. The third-order valence-electron chi connectivity index (χ3n) is 13.1. The molecule has 1 amide bonds. The lowest BCUT2D eigenvalue weighted by Gasteiger charge is -2.40. The highest BCUT2D eigenvalue weighted by molar-refractivity contribution is 7.80. The molecule has 0 aromatic heterocycles. The Labute approximate surface area is 367 Å². The SMILES string of the molecule is C=C(/C=C/[C@@H](O[Si](CC)(CC)CC)[C@H](C)C(=O)OC)[C@H](C[C@H](O)[C@@H](C)C(=O)N1C(=S)OC(c2ccccc2)(c2ccccc2)[C@@H]1Cc1ccccc1)O[Si](C)(C)C(C)(C)C. The fourth-order valence-electron chi connectivity index (χ4n) is 7.78. The molecule has 0 bridgehead atoms. The average molecular weight is 872 g/mol. The first-order valence-electron chi connectivity index (χ1n) is 21.5. The van der Waals surface area contributed by atoms with Crippen LogP contribution in [0.1, 0.15) is 78.5 Å². The monoisotopic (exact) mass is 871 g/mol. The van der Waals surface area contributed by atoms with Gasteiger partial charge >= 0.3 is 5.97 Å². The molecule has 1 saturated heterocycles. The van der Waals surface area contributed by atoms with Gasteiger partial charge in [0.25, 0.3) is 5.17 Å². The van der Waals surface area contributed by atoms with Crippen molar-refractivity contribution in [2.24, 2.45) is 11.8 Å². The summed E-state index contributed by atoms with van der Waals surface area (Å²) >= 11 is 5.99. The number of thiocarbonyl (C=S) groups is 1. The van der Waals surface area contributed by atoms with Gasteiger partial charge in [0.15, 0.2) is 22.2 Å². The number of aliphatic hydroxyl groups excluding tert-OH is 1. The zero-order chi connectivity index (χ0) is 44.5. The minimum absolute atomic E-state index is 0.0609. The average Bonchev–Trinajstić information content (AvgIpc) is 3.54. The number of hydrogen-bond donors (Lipinski definition) is 1. The molecule has 326 valence electrons. The molecule has 0 saturated carbocycles. The molecule has 60 heavy (non-hydrogen) atoms. The molecule has 1 aliphatic rings. The molecule has 8 nitrogen and oxygen atoms in total. The van der Waals surface area contributed by atoms with Crippen molar-refractivity contribution < 1.29 is 33.0 Å². The van der Waals surface area contributed by atoms with E-state index in [1.807, 2.05) is 110 Å². The van der Waals surface area contributed by atoms with E-state index in [1.54, 1.807) is 11.8 Å². The maximum absolute atomic E-state index is 15.0. The van der Waals surface area contributed by atoms with E-state index in [0.29, 0.717) is 12.0 Å². The summed E-state index contributed by atoms with van der Waals surface area (Å²) in [6, 6.07) is 32.0. The number of ether oxygens (including phenoxy) is 2. The third kappa shape index (κ3) is 11.0. The number of benzene rings is 3. The van der Waals surface area contributed by atoms with Gasteiger partial charge in [-0.1, -0.05) is 158 Å². The molecule has 1 N–H and O–H groups in total. The second kappa shape index (κ2) is 20.9. The molecule has 1 heterocycles. The highest BCUT2D eigenvalue weighted by Gasteiger charge is 2.57. The number of amides is 1. The molecular formula is C49H69NO7SSi2. The van der Waals surface area contributed by atoms with Crippen molar-refractivity contribution in [2.45, 2.75) is 134 Å². The predicted molar refractivity (Wildman–Crippen MR) is 252 cm³/mol. The summed E-state index contributed by atoms with van der Waals surface area (Å²) < 4.78 is 25.9. The Kier molecular flexibility index (Phi) is 17.1. The first-order chi connectivity index (χ1) is 28.3. The normalized spacial score (nSPS) is 18.4. The summed E-state index contributed by atoms with van der Waals surface area (Å²) in [6.07, 6.45) is 2.01. The van der Waals surface area contributed by atoms with Crippen molar-refractivity contribution in [3.05, 3.63) is 132 Å². The van der Waals surface area contributed by atoms with E-state index in [-0.39, 0.29) is 28.5 Å². The lowest BCUT2D eigenvalue weighted by atomic mass is 9.77. The van der Waals surface area contributed by atoms with Crippen LogP contribution in [-0.2, 0) is 39.9 Å². The van der Waals surface area contributed by atoms with Gasteiger partial charge in [0.05, 0.1) is 43.3 Å². The van der Waals surface area contributed by atoms with Crippen molar-refractivity contribution in [2.75, 3.05) is 7.11 Å². The number of nitrogens with zero attached hydrogens (tertiary/aromatic N) is 1. The highest BCUT2D eigenvalue weighted by atomic mass is 32.1. The van der Waals surface area contributed by atoms with Crippen molar-refractivity contribution >= 4 is 45.9 Å². The molecule has 4 rings (SSSR count). The zero-order valence-corrected chi connectivity index (χ0v) is 40.6. The van der Waals surface area contributed by atoms with Crippen LogP contribution in [0.5, 0.6) is 0 Å². The smallest absolute Gasteiger partial charge is 0.311 e. The van der Waals surface area contributed by atoms with Crippen LogP contribution in [-0.4, -0.2) is 75.2 Å². The van der Waals surface area contributed by atoms with Gasteiger partial charge in [-0.25, -0.2) is 0 Å². The van der Waals surface area contributed by atoms with E-state index in [1.165, 1.54) is 7.11 Å². The van der Waals surface area contributed by atoms with Crippen LogP contribution in [0.4, 0.5) is 0 Å². The summed E-state index contributed by atoms with van der Waals surface area (Å²) in [4.78, 5) is 29.5. The van der Waals surface area contributed by atoms with E-state index >= 15 is 4.79 Å². The van der Waals surface area contributed by atoms with E-state index in [2.05, 4.69) is 61.2 Å². The third-order valence-corrected chi connectivity index (χ3v) is 22.5.